The first-order valence-corrected chi connectivity index (χ1v) is 16.1. The largest absolute Gasteiger partial charge is 0.491 e. The summed E-state index contributed by atoms with van der Waals surface area (Å²) in [5, 5.41) is 17.7. The number of aliphatic hydroxyl groups is 1. The lowest BCUT2D eigenvalue weighted by molar-refractivity contribution is -0.158. The Labute approximate surface area is 275 Å². The van der Waals surface area contributed by atoms with E-state index in [1.165, 1.54) is 0 Å². The Kier molecular flexibility index (Phi) is 9.70. The molecule has 10 heteroatoms. The van der Waals surface area contributed by atoms with Gasteiger partial charge in [-0.2, -0.15) is 5.01 Å². The van der Waals surface area contributed by atoms with Gasteiger partial charge in [0.2, 0.25) is 11.8 Å². The highest BCUT2D eigenvalue weighted by molar-refractivity contribution is 5.92. The topological polar surface area (TPSA) is 106 Å². The van der Waals surface area contributed by atoms with Crippen LogP contribution in [0.15, 0.2) is 97.1 Å². The van der Waals surface area contributed by atoms with Crippen LogP contribution in [0.1, 0.15) is 30.5 Å². The van der Waals surface area contributed by atoms with Crippen molar-refractivity contribution in [3.05, 3.63) is 114 Å². The Bertz CT molecular complexity index is 1710. The molecule has 4 aromatic carbocycles. The number of hydrazine groups is 1. The highest BCUT2D eigenvalue weighted by Gasteiger charge is 2.52. The minimum absolute atomic E-state index is 0.0125. The molecule has 0 aromatic heterocycles. The Balaban J connectivity index is 1.31. The lowest BCUT2D eigenvalue weighted by atomic mass is 9.99. The molecule has 4 amide bonds. The number of amides is 4. The van der Waals surface area contributed by atoms with Crippen molar-refractivity contribution in [3.63, 3.8) is 0 Å². The maximum atomic E-state index is 14.3. The summed E-state index contributed by atoms with van der Waals surface area (Å²) in [4.78, 5) is 45.4. The van der Waals surface area contributed by atoms with Crippen LogP contribution in [0, 0.1) is 0 Å². The van der Waals surface area contributed by atoms with Gasteiger partial charge in [-0.25, -0.2) is 4.79 Å². The molecular weight excluding hydrogens is 594 g/mol. The Morgan fingerprint density at radius 3 is 2.40 bits per heavy atom. The van der Waals surface area contributed by atoms with E-state index >= 15 is 0 Å². The van der Waals surface area contributed by atoms with Gasteiger partial charge in [-0.3, -0.25) is 14.6 Å². The second-order valence-electron chi connectivity index (χ2n) is 12.3. The molecule has 0 spiro atoms. The van der Waals surface area contributed by atoms with E-state index in [0.717, 1.165) is 27.5 Å². The molecule has 2 N–H and O–H groups in total. The summed E-state index contributed by atoms with van der Waals surface area (Å²) in [6, 6.07) is 30.0. The summed E-state index contributed by atoms with van der Waals surface area (Å²) < 4.78 is 5.52. The van der Waals surface area contributed by atoms with Gasteiger partial charge >= 0.3 is 6.03 Å². The van der Waals surface area contributed by atoms with E-state index in [1.54, 1.807) is 22.0 Å². The van der Waals surface area contributed by atoms with Crippen molar-refractivity contribution in [1.82, 2.24) is 25.1 Å². The molecule has 2 aliphatic rings. The number of hydrogen-bond donors (Lipinski definition) is 2. The van der Waals surface area contributed by atoms with Crippen LogP contribution in [-0.2, 0) is 29.1 Å². The zero-order valence-corrected chi connectivity index (χ0v) is 26.8. The number of hydrogen-bond acceptors (Lipinski definition) is 6. The van der Waals surface area contributed by atoms with E-state index in [-0.39, 0.29) is 50.2 Å². The second kappa shape index (κ2) is 14.2. The third-order valence-corrected chi connectivity index (χ3v) is 8.78. The molecule has 0 aliphatic carbocycles. The molecule has 4 aromatic rings. The number of piperazine rings is 1. The van der Waals surface area contributed by atoms with E-state index in [0.29, 0.717) is 25.3 Å². The normalized spacial score (nSPS) is 18.1. The molecule has 2 atom stereocenters. The molecule has 47 heavy (non-hydrogen) atoms. The quantitative estimate of drug-likeness (QED) is 0.257. The highest BCUT2D eigenvalue weighted by Crippen LogP contribution is 2.32. The van der Waals surface area contributed by atoms with Crippen LogP contribution in [0.4, 0.5) is 4.79 Å². The number of carbonyl (C=O) groups excluding carboxylic acids is 3. The number of rotatable bonds is 11. The number of nitrogens with zero attached hydrogens (tertiary/aromatic N) is 4. The minimum atomic E-state index is -0.758. The second-order valence-corrected chi connectivity index (χ2v) is 12.3. The lowest BCUT2D eigenvalue weighted by Crippen LogP contribution is -2.66. The number of ether oxygens (including phenoxy) is 1. The molecular formula is C37H41N5O5. The van der Waals surface area contributed by atoms with Gasteiger partial charge in [0.25, 0.3) is 0 Å². The summed E-state index contributed by atoms with van der Waals surface area (Å²) in [5.74, 6) is 0.294. The summed E-state index contributed by atoms with van der Waals surface area (Å²) in [5.41, 5.74) is 2.87. The Morgan fingerprint density at radius 2 is 1.66 bits per heavy atom. The molecule has 2 heterocycles. The average molecular weight is 636 g/mol. The van der Waals surface area contributed by atoms with Gasteiger partial charge in [0, 0.05) is 25.6 Å². The average Bonchev–Trinajstić information content (AvgIpc) is 3.40. The first-order valence-electron chi connectivity index (χ1n) is 16.1. The zero-order chi connectivity index (χ0) is 32.9. The number of carbonyl (C=O) groups is 3. The number of fused-ring (bicyclic) bond motifs is 2. The maximum Gasteiger partial charge on any atom is 0.332 e. The smallest absolute Gasteiger partial charge is 0.332 e. The fraction of sp³-hybridized carbons (Fsp3) is 0.324. The Hall–Kier alpha value is -4.93. The standard InChI is InChI=1S/C37H41N5O5/c1-26(2)42(37(46)38-22-28-9-4-3-5-10-28)40-25-35(44)41-33(21-27-15-17-31(18-16-27)47-20-19-43)36(45)39(24-34(40)41)23-30-13-8-12-29-11-6-7-14-32(29)30/h3-18,26,33-34,43H,19-25H2,1-2H3,(H,38,46)/t33-,34+/m0/s1. The van der Waals surface area contributed by atoms with Crippen LogP contribution in [0.3, 0.4) is 0 Å². The predicted molar refractivity (Wildman–Crippen MR) is 179 cm³/mol. The van der Waals surface area contributed by atoms with Crippen LogP contribution in [0.2, 0.25) is 0 Å². The van der Waals surface area contributed by atoms with Gasteiger partial charge in [0.1, 0.15) is 24.6 Å². The molecule has 0 bridgehead atoms. The van der Waals surface area contributed by atoms with Crippen molar-refractivity contribution in [2.24, 2.45) is 0 Å². The van der Waals surface area contributed by atoms with E-state index in [2.05, 4.69) is 23.5 Å². The predicted octanol–water partition coefficient (Wildman–Crippen LogP) is 4.17. The first kappa shape index (κ1) is 32.0. The number of aliphatic hydroxyl groups excluding tert-OH is 1. The van der Waals surface area contributed by atoms with Crippen LogP contribution in [-0.4, -0.2) is 87.3 Å². The molecule has 2 aliphatic heterocycles. The van der Waals surface area contributed by atoms with E-state index in [4.69, 9.17) is 9.84 Å². The molecule has 0 saturated carbocycles. The summed E-state index contributed by atoms with van der Waals surface area (Å²) >= 11 is 0. The van der Waals surface area contributed by atoms with E-state index < -0.39 is 12.2 Å². The first-order chi connectivity index (χ1) is 22.8. The Morgan fingerprint density at radius 1 is 0.936 bits per heavy atom. The monoisotopic (exact) mass is 635 g/mol. The van der Waals surface area contributed by atoms with Crippen LogP contribution < -0.4 is 10.1 Å². The number of benzene rings is 4. The van der Waals surface area contributed by atoms with Crippen molar-refractivity contribution in [1.29, 1.82) is 0 Å². The summed E-state index contributed by atoms with van der Waals surface area (Å²) in [7, 11) is 0. The van der Waals surface area contributed by atoms with Gasteiger partial charge in [-0.05, 0) is 53.4 Å². The maximum absolute atomic E-state index is 14.3. The molecule has 6 rings (SSSR count). The minimum Gasteiger partial charge on any atom is -0.491 e. The summed E-state index contributed by atoms with van der Waals surface area (Å²) in [6.07, 6.45) is -0.222. The molecule has 2 fully saturated rings. The van der Waals surface area contributed by atoms with Gasteiger partial charge in [0.15, 0.2) is 0 Å². The van der Waals surface area contributed by atoms with Crippen molar-refractivity contribution >= 4 is 28.6 Å². The van der Waals surface area contributed by atoms with Gasteiger partial charge in [-0.15, -0.1) is 0 Å². The third-order valence-electron chi connectivity index (χ3n) is 8.78. The summed E-state index contributed by atoms with van der Waals surface area (Å²) in [6.45, 7) is 4.93. The van der Waals surface area contributed by atoms with Crippen molar-refractivity contribution in [3.8, 4) is 5.75 Å². The zero-order valence-electron chi connectivity index (χ0n) is 26.8. The van der Waals surface area contributed by atoms with Gasteiger partial charge in [0.05, 0.1) is 19.7 Å². The molecule has 10 nitrogen and oxygen atoms in total. The van der Waals surface area contributed by atoms with Crippen molar-refractivity contribution < 1.29 is 24.2 Å². The molecule has 0 radical (unpaired) electrons. The van der Waals surface area contributed by atoms with Crippen molar-refractivity contribution in [2.75, 3.05) is 26.3 Å². The molecule has 0 unspecified atom stereocenters. The fourth-order valence-electron chi connectivity index (χ4n) is 6.61. The fourth-order valence-corrected chi connectivity index (χ4v) is 6.61. The SMILES string of the molecule is CC(C)N(C(=O)NCc1ccccc1)N1CC(=O)N2[C@@H](Cc3ccc(OCCO)cc3)C(=O)N(Cc3cccc4ccccc34)C[C@@H]21. The highest BCUT2D eigenvalue weighted by atomic mass is 16.5. The lowest BCUT2D eigenvalue weighted by Gasteiger charge is -2.47. The van der Waals surface area contributed by atoms with Gasteiger partial charge < -0.3 is 25.0 Å². The van der Waals surface area contributed by atoms with E-state index in [1.807, 2.05) is 90.5 Å². The van der Waals surface area contributed by atoms with Crippen LogP contribution in [0.25, 0.3) is 10.8 Å². The molecule has 244 valence electrons. The van der Waals surface area contributed by atoms with Gasteiger partial charge in [-0.1, -0.05) is 84.9 Å². The van der Waals surface area contributed by atoms with E-state index in [9.17, 15) is 14.4 Å². The van der Waals surface area contributed by atoms with Crippen molar-refractivity contribution in [2.45, 2.75) is 51.6 Å². The number of urea groups is 1. The van der Waals surface area contributed by atoms with Crippen LogP contribution >= 0.6 is 0 Å². The van der Waals surface area contributed by atoms with Crippen LogP contribution in [0.5, 0.6) is 5.75 Å². The number of nitrogens with one attached hydrogen (secondary N) is 1. The molecule has 2 saturated heterocycles. The third kappa shape index (κ3) is 6.94.